The lowest BCUT2D eigenvalue weighted by Gasteiger charge is -2.20. The Bertz CT molecular complexity index is 3500. The van der Waals surface area contributed by atoms with Crippen LogP contribution in [0.4, 0.5) is 0 Å². The highest BCUT2D eigenvalue weighted by Crippen LogP contribution is 2.38. The Balaban J connectivity index is 0.981. The van der Waals surface area contributed by atoms with Gasteiger partial charge >= 0.3 is 0 Å². The highest BCUT2D eigenvalue weighted by atomic mass is 16.3. The summed E-state index contributed by atoms with van der Waals surface area (Å²) >= 11 is 0. The van der Waals surface area contributed by atoms with Crippen molar-refractivity contribution in [2.24, 2.45) is 0 Å². The molecule has 0 saturated heterocycles. The SMILES string of the molecule is Bc1c(B)c(B)c(-c2ccc(-c3nc(-c4ccccc4)nc(-c4ccc5c(c4)oc4ccc(-c6ccc7c(c6)c6ccccc6n7-c6ccccc6)cc45)n3)cc2)c(B)c1B. The predicted molar refractivity (Wildman–Crippen MR) is 270 cm³/mol. The first kappa shape index (κ1) is 36.8. The van der Waals surface area contributed by atoms with Gasteiger partial charge in [0.05, 0.1) is 11.0 Å². The van der Waals surface area contributed by atoms with Crippen LogP contribution in [0, 0.1) is 0 Å². The smallest absolute Gasteiger partial charge is 0.164 e. The van der Waals surface area contributed by atoms with Crippen LogP contribution in [-0.2, 0) is 0 Å². The maximum Gasteiger partial charge on any atom is 0.164 e. The van der Waals surface area contributed by atoms with Crippen LogP contribution in [0.25, 0.3) is 106 Å². The van der Waals surface area contributed by atoms with Gasteiger partial charge in [0.1, 0.15) is 50.4 Å². The molecule has 0 bridgehead atoms. The van der Waals surface area contributed by atoms with Crippen molar-refractivity contribution < 1.29 is 4.42 Å². The van der Waals surface area contributed by atoms with Gasteiger partial charge in [0.25, 0.3) is 0 Å². The molecule has 0 fully saturated rings. The van der Waals surface area contributed by atoms with Crippen LogP contribution in [-0.4, -0.2) is 58.8 Å². The van der Waals surface area contributed by atoms with E-state index in [0.29, 0.717) is 17.5 Å². The van der Waals surface area contributed by atoms with E-state index in [-0.39, 0.29) is 0 Å². The molecular weight excluding hydrogens is 739 g/mol. The minimum atomic E-state index is 0.593. The number of para-hydroxylation sites is 2. The molecule has 11 aromatic rings. The van der Waals surface area contributed by atoms with E-state index < -0.39 is 0 Å². The maximum atomic E-state index is 6.54. The van der Waals surface area contributed by atoms with Crippen molar-refractivity contribution >= 4 is 110 Å². The van der Waals surface area contributed by atoms with E-state index >= 15 is 0 Å². The Morgan fingerprint density at radius 3 is 1.56 bits per heavy atom. The highest BCUT2D eigenvalue weighted by molar-refractivity contribution is 6.68. The van der Waals surface area contributed by atoms with E-state index in [1.165, 1.54) is 60.2 Å². The third kappa shape index (κ3) is 6.12. The van der Waals surface area contributed by atoms with E-state index in [2.05, 4.69) is 177 Å². The van der Waals surface area contributed by atoms with E-state index in [4.69, 9.17) is 19.4 Å². The van der Waals surface area contributed by atoms with Gasteiger partial charge in [-0.1, -0.05) is 120 Å². The van der Waals surface area contributed by atoms with Crippen LogP contribution in [0.3, 0.4) is 0 Å². The molecule has 282 valence electrons. The molecule has 0 aliphatic carbocycles. The first-order valence-corrected chi connectivity index (χ1v) is 20.9. The van der Waals surface area contributed by atoms with Crippen molar-refractivity contribution in [1.82, 2.24) is 19.5 Å². The standard InChI is InChI=1S/C51H37B5N4O/c52-44-43(45(53)47(55)48(56)46(44)54)28-15-17-30(18-16-28)50-57-49(29-9-3-1-4-10-29)58-51(59-50)33-19-22-36-38-26-32(21-24-41(38)61-42(36)27-33)31-20-23-40-37(25-31)35-13-7-8-14-39(35)60(40)34-11-5-2-6-12-34/h1-27H,52-56H2. The van der Waals surface area contributed by atoms with E-state index in [1.54, 1.807) is 0 Å². The summed E-state index contributed by atoms with van der Waals surface area (Å²) in [6.07, 6.45) is 0. The number of fused-ring (bicyclic) bond motifs is 6. The van der Waals surface area contributed by atoms with Crippen LogP contribution in [0.5, 0.6) is 0 Å². The van der Waals surface area contributed by atoms with Crippen molar-refractivity contribution in [1.29, 1.82) is 0 Å². The molecule has 3 heterocycles. The van der Waals surface area contributed by atoms with Gasteiger partial charge in [-0.05, 0) is 76.9 Å². The Hall–Kier alpha value is -7.31. The lowest BCUT2D eigenvalue weighted by atomic mass is 9.59. The molecule has 3 aromatic heterocycles. The summed E-state index contributed by atoms with van der Waals surface area (Å²) in [4.78, 5) is 15.1. The minimum absolute atomic E-state index is 0.593. The van der Waals surface area contributed by atoms with Gasteiger partial charge in [0, 0.05) is 43.9 Å². The van der Waals surface area contributed by atoms with E-state index in [9.17, 15) is 0 Å². The number of rotatable bonds is 6. The molecule has 10 heteroatoms. The molecule has 0 saturated carbocycles. The predicted octanol–water partition coefficient (Wildman–Crippen LogP) is 4.50. The number of aromatic nitrogens is 4. The van der Waals surface area contributed by atoms with Gasteiger partial charge in [-0.3, -0.25) is 0 Å². The molecular formula is C51H37B5N4O. The fourth-order valence-corrected chi connectivity index (χ4v) is 9.17. The Morgan fingerprint density at radius 1 is 0.344 bits per heavy atom. The third-order valence-corrected chi connectivity index (χ3v) is 12.8. The minimum Gasteiger partial charge on any atom is -0.456 e. The zero-order valence-corrected chi connectivity index (χ0v) is 34.8. The molecule has 0 aliphatic rings. The molecule has 0 N–H and O–H groups in total. The van der Waals surface area contributed by atoms with Crippen LogP contribution < -0.4 is 27.3 Å². The van der Waals surface area contributed by atoms with Gasteiger partial charge in [-0.25, -0.2) is 15.0 Å². The normalized spacial score (nSPS) is 11.6. The number of nitrogens with zero attached hydrogens (tertiary/aromatic N) is 4. The largest absolute Gasteiger partial charge is 0.456 e. The Labute approximate surface area is 358 Å². The summed E-state index contributed by atoms with van der Waals surface area (Å²) in [7, 11) is 11.1. The molecule has 11 rings (SSSR count). The second-order valence-electron chi connectivity index (χ2n) is 16.2. The number of furan rings is 1. The molecule has 0 aliphatic heterocycles. The van der Waals surface area contributed by atoms with Crippen molar-refractivity contribution in [3.63, 3.8) is 0 Å². The first-order chi connectivity index (χ1) is 29.8. The molecule has 0 unspecified atom stereocenters. The third-order valence-electron chi connectivity index (χ3n) is 12.8. The van der Waals surface area contributed by atoms with Crippen LogP contribution in [0.2, 0.25) is 0 Å². The van der Waals surface area contributed by atoms with Crippen LogP contribution in [0.1, 0.15) is 0 Å². The van der Waals surface area contributed by atoms with Gasteiger partial charge in [-0.2, -0.15) is 0 Å². The average molecular weight is 776 g/mol. The number of hydrogen-bond acceptors (Lipinski definition) is 4. The first-order valence-electron chi connectivity index (χ1n) is 20.9. The fraction of sp³-hybridized carbons (Fsp3) is 0. The molecule has 61 heavy (non-hydrogen) atoms. The summed E-state index contributed by atoms with van der Waals surface area (Å²) in [5.74, 6) is 1.84. The van der Waals surface area contributed by atoms with Gasteiger partial charge in [0.2, 0.25) is 0 Å². The van der Waals surface area contributed by atoms with Gasteiger partial charge in [-0.15, -0.1) is 16.4 Å². The summed E-state index contributed by atoms with van der Waals surface area (Å²) in [5.41, 5.74) is 19.4. The van der Waals surface area contributed by atoms with E-state index in [1.807, 2.05) is 30.3 Å². The number of hydrogen-bond donors (Lipinski definition) is 0. The van der Waals surface area contributed by atoms with Gasteiger partial charge in [0.15, 0.2) is 17.5 Å². The average Bonchev–Trinajstić information content (AvgIpc) is 3.85. The molecule has 5 nitrogen and oxygen atoms in total. The molecule has 0 amide bonds. The van der Waals surface area contributed by atoms with E-state index in [0.717, 1.165) is 55.4 Å². The van der Waals surface area contributed by atoms with Crippen molar-refractivity contribution in [2.75, 3.05) is 0 Å². The molecule has 0 atom stereocenters. The van der Waals surface area contributed by atoms with Crippen molar-refractivity contribution in [2.45, 2.75) is 0 Å². The Kier molecular flexibility index (Phi) is 8.71. The van der Waals surface area contributed by atoms with Crippen molar-refractivity contribution in [3.05, 3.63) is 164 Å². The highest BCUT2D eigenvalue weighted by Gasteiger charge is 2.18. The number of benzene rings is 8. The van der Waals surface area contributed by atoms with Gasteiger partial charge < -0.3 is 8.98 Å². The second kappa shape index (κ2) is 14.5. The quantitative estimate of drug-likeness (QED) is 0.234. The van der Waals surface area contributed by atoms with Crippen molar-refractivity contribution in [3.8, 4) is 62.1 Å². The lowest BCUT2D eigenvalue weighted by Crippen LogP contribution is -2.55. The summed E-state index contributed by atoms with van der Waals surface area (Å²) in [6.45, 7) is 0. The topological polar surface area (TPSA) is 56.7 Å². The Morgan fingerprint density at radius 2 is 0.852 bits per heavy atom. The summed E-state index contributed by atoms with van der Waals surface area (Å²) in [6, 6.07) is 57.6. The zero-order chi connectivity index (χ0) is 41.4. The van der Waals surface area contributed by atoms with Crippen LogP contribution in [0.15, 0.2) is 168 Å². The van der Waals surface area contributed by atoms with Crippen LogP contribution >= 0.6 is 0 Å². The maximum absolute atomic E-state index is 6.54. The molecule has 0 spiro atoms. The molecule has 0 radical (unpaired) electrons. The summed E-state index contributed by atoms with van der Waals surface area (Å²) in [5, 5.41) is 4.57. The monoisotopic (exact) mass is 776 g/mol. The summed E-state index contributed by atoms with van der Waals surface area (Å²) < 4.78 is 8.89. The second-order valence-corrected chi connectivity index (χ2v) is 16.2. The fourth-order valence-electron chi connectivity index (χ4n) is 9.17. The zero-order valence-electron chi connectivity index (χ0n) is 34.8. The molecule has 8 aromatic carbocycles. The lowest BCUT2D eigenvalue weighted by molar-refractivity contribution is 0.669.